The summed E-state index contributed by atoms with van der Waals surface area (Å²) in [6, 6.07) is 6.13. The van der Waals surface area contributed by atoms with Crippen LogP contribution in [0.3, 0.4) is 0 Å². The molecule has 1 aromatic carbocycles. The molecule has 0 saturated heterocycles. The third kappa shape index (κ3) is 4.93. The third-order valence-corrected chi connectivity index (χ3v) is 5.59. The van der Waals surface area contributed by atoms with Crippen LogP contribution in [0.25, 0.3) is 0 Å². The zero-order valence-corrected chi connectivity index (χ0v) is 13.4. The van der Waals surface area contributed by atoms with Crippen molar-refractivity contribution in [2.24, 2.45) is 0 Å². The van der Waals surface area contributed by atoms with Gasteiger partial charge in [-0.2, -0.15) is 8.78 Å². The summed E-state index contributed by atoms with van der Waals surface area (Å²) in [5.41, 5.74) is 0.558. The Kier molecular flexibility index (Phi) is 5.69. The summed E-state index contributed by atoms with van der Waals surface area (Å²) in [5, 5.41) is 3.06. The molecule has 0 bridgehead atoms. The van der Waals surface area contributed by atoms with Gasteiger partial charge in [-0.25, -0.2) is 8.42 Å². The van der Waals surface area contributed by atoms with Crippen molar-refractivity contribution in [2.45, 2.75) is 38.2 Å². The van der Waals surface area contributed by atoms with E-state index in [4.69, 9.17) is 0 Å². The summed E-state index contributed by atoms with van der Waals surface area (Å²) in [6.45, 7) is 2.31. The van der Waals surface area contributed by atoms with Crippen molar-refractivity contribution in [1.29, 1.82) is 0 Å². The van der Waals surface area contributed by atoms with E-state index in [2.05, 4.69) is 10.1 Å². The first-order valence-electron chi connectivity index (χ1n) is 6.51. The van der Waals surface area contributed by atoms with Crippen LogP contribution in [0.15, 0.2) is 24.3 Å². The molecule has 0 aromatic heterocycles. The lowest BCUT2D eigenvalue weighted by Gasteiger charge is -2.26. The van der Waals surface area contributed by atoms with Gasteiger partial charge in [-0.05, 0) is 26.8 Å². The number of para-hydroxylation sites is 1. The minimum atomic E-state index is -3.22. The van der Waals surface area contributed by atoms with Crippen LogP contribution in [0.4, 0.5) is 8.78 Å². The third-order valence-electron chi connectivity index (χ3n) is 3.44. The average molecular weight is 321 g/mol. The Hall–Kier alpha value is -1.21. The van der Waals surface area contributed by atoms with Gasteiger partial charge in [0.1, 0.15) is 5.75 Å². The normalized spacial score (nSPS) is 14.2. The second-order valence-corrected chi connectivity index (χ2v) is 8.20. The Bertz CT molecular complexity index is 573. The van der Waals surface area contributed by atoms with E-state index in [9.17, 15) is 17.2 Å². The molecule has 0 aliphatic rings. The van der Waals surface area contributed by atoms with Crippen molar-refractivity contribution in [2.75, 3.05) is 12.8 Å². The maximum absolute atomic E-state index is 12.4. The van der Waals surface area contributed by atoms with Gasteiger partial charge in [0.15, 0.2) is 9.84 Å². The van der Waals surface area contributed by atoms with Crippen LogP contribution in [0, 0.1) is 0 Å². The molecule has 21 heavy (non-hydrogen) atoms. The van der Waals surface area contributed by atoms with Crippen molar-refractivity contribution < 1.29 is 21.9 Å². The second kappa shape index (κ2) is 6.70. The second-order valence-electron chi connectivity index (χ2n) is 5.55. The van der Waals surface area contributed by atoms with Crippen LogP contribution in [0.2, 0.25) is 0 Å². The van der Waals surface area contributed by atoms with Crippen molar-refractivity contribution in [3.8, 4) is 5.75 Å². The minimum Gasteiger partial charge on any atom is -0.434 e. The van der Waals surface area contributed by atoms with E-state index in [0.29, 0.717) is 5.56 Å². The van der Waals surface area contributed by atoms with E-state index in [-0.39, 0.29) is 18.3 Å². The molecule has 1 N–H and O–H groups in total. The topological polar surface area (TPSA) is 55.4 Å². The maximum atomic E-state index is 12.4. The van der Waals surface area contributed by atoms with Gasteiger partial charge in [0.25, 0.3) is 0 Å². The zero-order valence-electron chi connectivity index (χ0n) is 12.6. The number of nitrogens with one attached hydrogen (secondary N) is 1. The molecule has 1 aromatic rings. The van der Waals surface area contributed by atoms with Crippen molar-refractivity contribution >= 4 is 9.84 Å². The average Bonchev–Trinajstić information content (AvgIpc) is 2.34. The first kappa shape index (κ1) is 17.8. The molecule has 4 nitrogen and oxygen atoms in total. The lowest BCUT2D eigenvalue weighted by Crippen LogP contribution is -2.42. The lowest BCUT2D eigenvalue weighted by atomic mass is 10.1. The van der Waals surface area contributed by atoms with Gasteiger partial charge in [-0.3, -0.25) is 0 Å². The fourth-order valence-corrected chi connectivity index (χ4v) is 2.03. The molecular formula is C14H21F2NO3S. The standard InChI is InChI=1S/C14H21F2NO3S/c1-10(17-9-14(2,3)21(4,18)19)11-7-5-6-8-12(11)20-13(15)16/h5-8,10,13,17H,9H2,1-4H3. The molecule has 120 valence electrons. The summed E-state index contributed by atoms with van der Waals surface area (Å²) < 4.78 is 51.6. The first-order chi connectivity index (χ1) is 9.54. The van der Waals surface area contributed by atoms with Gasteiger partial charge in [-0.15, -0.1) is 0 Å². The molecule has 7 heteroatoms. The summed E-state index contributed by atoms with van der Waals surface area (Å²) in [4.78, 5) is 0. The van der Waals surface area contributed by atoms with Crippen LogP contribution >= 0.6 is 0 Å². The Labute approximate surface area is 124 Å². The number of benzene rings is 1. The van der Waals surface area contributed by atoms with E-state index >= 15 is 0 Å². The quantitative estimate of drug-likeness (QED) is 0.839. The predicted molar refractivity (Wildman–Crippen MR) is 78.4 cm³/mol. The summed E-state index contributed by atoms with van der Waals surface area (Å²) in [6.07, 6.45) is 1.17. The van der Waals surface area contributed by atoms with Gasteiger partial charge >= 0.3 is 6.61 Å². The van der Waals surface area contributed by atoms with E-state index in [1.54, 1.807) is 39.0 Å². The summed E-state index contributed by atoms with van der Waals surface area (Å²) >= 11 is 0. The largest absolute Gasteiger partial charge is 0.434 e. The maximum Gasteiger partial charge on any atom is 0.387 e. The van der Waals surface area contributed by atoms with Gasteiger partial charge in [-0.1, -0.05) is 18.2 Å². The van der Waals surface area contributed by atoms with Crippen LogP contribution in [0.1, 0.15) is 32.4 Å². The predicted octanol–water partition coefficient (Wildman–Crippen LogP) is 2.76. The lowest BCUT2D eigenvalue weighted by molar-refractivity contribution is -0.0506. The fraction of sp³-hybridized carbons (Fsp3) is 0.571. The van der Waals surface area contributed by atoms with Gasteiger partial charge < -0.3 is 10.1 Å². The molecule has 0 radical (unpaired) electrons. The Morgan fingerprint density at radius 1 is 1.29 bits per heavy atom. The van der Waals surface area contributed by atoms with E-state index in [1.807, 2.05) is 0 Å². The van der Waals surface area contributed by atoms with Crippen LogP contribution < -0.4 is 10.1 Å². The molecule has 0 heterocycles. The number of alkyl halides is 2. The smallest absolute Gasteiger partial charge is 0.387 e. The molecule has 1 unspecified atom stereocenters. The van der Waals surface area contributed by atoms with Crippen LogP contribution in [0.5, 0.6) is 5.75 Å². The molecule has 1 rings (SSSR count). The van der Waals surface area contributed by atoms with Gasteiger partial charge in [0.05, 0.1) is 4.75 Å². The molecule has 0 amide bonds. The molecule has 0 aliphatic carbocycles. The van der Waals surface area contributed by atoms with Crippen molar-refractivity contribution in [1.82, 2.24) is 5.32 Å². The number of sulfone groups is 1. The highest BCUT2D eigenvalue weighted by atomic mass is 32.2. The van der Waals surface area contributed by atoms with Gasteiger partial charge in [0.2, 0.25) is 0 Å². The SMILES string of the molecule is CC(NCC(C)(C)S(C)(=O)=O)c1ccccc1OC(F)F. The van der Waals surface area contributed by atoms with Crippen molar-refractivity contribution in [3.05, 3.63) is 29.8 Å². The first-order valence-corrected chi connectivity index (χ1v) is 8.40. The Morgan fingerprint density at radius 2 is 1.86 bits per heavy atom. The highest BCUT2D eigenvalue weighted by Crippen LogP contribution is 2.27. The van der Waals surface area contributed by atoms with Crippen LogP contribution in [-0.4, -0.2) is 32.6 Å². The number of halogens is 2. The molecule has 0 aliphatic heterocycles. The number of rotatable bonds is 7. The molecule has 0 fully saturated rings. The molecular weight excluding hydrogens is 300 g/mol. The molecule has 1 atom stereocenters. The van der Waals surface area contributed by atoms with Crippen LogP contribution in [-0.2, 0) is 9.84 Å². The Morgan fingerprint density at radius 3 is 2.38 bits per heavy atom. The number of ether oxygens (including phenoxy) is 1. The van der Waals surface area contributed by atoms with Crippen molar-refractivity contribution in [3.63, 3.8) is 0 Å². The number of hydrogen-bond donors (Lipinski definition) is 1. The number of hydrogen-bond acceptors (Lipinski definition) is 4. The molecule has 0 spiro atoms. The summed E-state index contributed by atoms with van der Waals surface area (Å²) in [7, 11) is -3.22. The zero-order chi connectivity index (χ0) is 16.3. The Balaban J connectivity index is 2.84. The summed E-state index contributed by atoms with van der Waals surface area (Å²) in [5.74, 6) is 0.0876. The minimum absolute atomic E-state index is 0.0876. The van der Waals surface area contributed by atoms with E-state index in [0.717, 1.165) is 0 Å². The highest BCUT2D eigenvalue weighted by molar-refractivity contribution is 7.92. The fourth-order valence-electron chi connectivity index (χ4n) is 1.68. The monoisotopic (exact) mass is 321 g/mol. The molecule has 0 saturated carbocycles. The van der Waals surface area contributed by atoms with E-state index < -0.39 is 21.2 Å². The van der Waals surface area contributed by atoms with E-state index in [1.165, 1.54) is 12.3 Å². The van der Waals surface area contributed by atoms with Gasteiger partial charge in [0, 0.05) is 24.4 Å². The highest BCUT2D eigenvalue weighted by Gasteiger charge is 2.30.